The molecule has 1 heterocycles. The minimum Gasteiger partial charge on any atom is -0.354 e. The molecular weight excluding hydrogens is 302 g/mol. The zero-order chi connectivity index (χ0) is 12.4. The van der Waals surface area contributed by atoms with Crippen molar-refractivity contribution in [2.45, 2.75) is 0 Å². The Balaban J connectivity index is 2.33. The predicted octanol–water partition coefficient (Wildman–Crippen LogP) is 5.44. The fourth-order valence-corrected chi connectivity index (χ4v) is 2.02. The standard InChI is InChI=1S/C11H6Cl4N2/c12-7-4-9(14)10(5-8(7)13)17-6-1-2-16-11(15)3-6/h1-5H,(H,16,17). The molecule has 0 atom stereocenters. The molecule has 0 fully saturated rings. The zero-order valence-electron chi connectivity index (χ0n) is 8.35. The molecule has 2 nitrogen and oxygen atoms in total. The fraction of sp³-hybridized carbons (Fsp3) is 0. The lowest BCUT2D eigenvalue weighted by atomic mass is 10.3. The number of nitrogens with one attached hydrogen (secondary N) is 1. The summed E-state index contributed by atoms with van der Waals surface area (Å²) in [6.45, 7) is 0. The first-order chi connectivity index (χ1) is 8.06. The van der Waals surface area contributed by atoms with Gasteiger partial charge >= 0.3 is 0 Å². The van der Waals surface area contributed by atoms with Gasteiger partial charge in [-0.1, -0.05) is 46.4 Å². The van der Waals surface area contributed by atoms with Gasteiger partial charge in [0.25, 0.3) is 0 Å². The molecule has 88 valence electrons. The SMILES string of the molecule is Clc1cc(Nc2cc(Cl)c(Cl)cc2Cl)ccn1. The van der Waals surface area contributed by atoms with Crippen LogP contribution in [0.5, 0.6) is 0 Å². The van der Waals surface area contributed by atoms with Gasteiger partial charge in [-0.25, -0.2) is 4.98 Å². The van der Waals surface area contributed by atoms with E-state index >= 15 is 0 Å². The lowest BCUT2D eigenvalue weighted by molar-refractivity contribution is 1.32. The van der Waals surface area contributed by atoms with Gasteiger partial charge in [0.1, 0.15) is 5.15 Å². The second kappa shape index (κ2) is 5.32. The monoisotopic (exact) mass is 306 g/mol. The van der Waals surface area contributed by atoms with Gasteiger partial charge in [0.05, 0.1) is 20.8 Å². The number of halogens is 4. The van der Waals surface area contributed by atoms with Gasteiger partial charge in [0.2, 0.25) is 0 Å². The van der Waals surface area contributed by atoms with Crippen LogP contribution < -0.4 is 5.32 Å². The van der Waals surface area contributed by atoms with Crippen LogP contribution in [-0.4, -0.2) is 4.98 Å². The number of hydrogen-bond acceptors (Lipinski definition) is 2. The van der Waals surface area contributed by atoms with Gasteiger partial charge in [0, 0.05) is 11.9 Å². The van der Waals surface area contributed by atoms with E-state index in [9.17, 15) is 0 Å². The summed E-state index contributed by atoms with van der Waals surface area (Å²) in [5.41, 5.74) is 1.42. The van der Waals surface area contributed by atoms with Crippen molar-refractivity contribution < 1.29 is 0 Å². The number of rotatable bonds is 2. The zero-order valence-corrected chi connectivity index (χ0v) is 11.4. The molecule has 0 aliphatic heterocycles. The normalized spacial score (nSPS) is 10.4. The minimum absolute atomic E-state index is 0.395. The van der Waals surface area contributed by atoms with Crippen LogP contribution in [0.4, 0.5) is 11.4 Å². The summed E-state index contributed by atoms with van der Waals surface area (Å²) in [5, 5.41) is 4.80. The smallest absolute Gasteiger partial charge is 0.131 e. The molecule has 0 saturated heterocycles. The van der Waals surface area contributed by atoms with Crippen molar-refractivity contribution in [2.75, 3.05) is 5.32 Å². The van der Waals surface area contributed by atoms with Crippen LogP contribution in [0.15, 0.2) is 30.5 Å². The van der Waals surface area contributed by atoms with Crippen molar-refractivity contribution in [1.29, 1.82) is 0 Å². The number of benzene rings is 1. The molecule has 0 spiro atoms. The maximum absolute atomic E-state index is 6.04. The van der Waals surface area contributed by atoms with Crippen LogP contribution in [0.1, 0.15) is 0 Å². The van der Waals surface area contributed by atoms with Crippen molar-refractivity contribution >= 4 is 57.8 Å². The highest BCUT2D eigenvalue weighted by Gasteiger charge is 2.06. The summed E-state index contributed by atoms with van der Waals surface area (Å²) in [5.74, 6) is 0. The van der Waals surface area contributed by atoms with Crippen LogP contribution in [0.2, 0.25) is 20.2 Å². The molecule has 0 radical (unpaired) electrons. The third kappa shape index (κ3) is 3.17. The average molecular weight is 308 g/mol. The van der Waals surface area contributed by atoms with E-state index in [4.69, 9.17) is 46.4 Å². The van der Waals surface area contributed by atoms with Gasteiger partial charge < -0.3 is 5.32 Å². The first-order valence-corrected chi connectivity index (χ1v) is 6.10. The van der Waals surface area contributed by atoms with Crippen LogP contribution in [-0.2, 0) is 0 Å². The Bertz CT molecular complexity index is 557. The fourth-order valence-electron chi connectivity index (χ4n) is 1.25. The highest BCUT2D eigenvalue weighted by atomic mass is 35.5. The van der Waals surface area contributed by atoms with Gasteiger partial charge in [-0.15, -0.1) is 0 Å². The number of pyridine rings is 1. The predicted molar refractivity (Wildman–Crippen MR) is 74.0 cm³/mol. The lowest BCUT2D eigenvalue weighted by Gasteiger charge is -2.09. The highest BCUT2D eigenvalue weighted by Crippen LogP contribution is 2.34. The molecular formula is C11H6Cl4N2. The van der Waals surface area contributed by atoms with Crippen LogP contribution in [0.3, 0.4) is 0 Å². The van der Waals surface area contributed by atoms with Crippen molar-refractivity contribution in [3.05, 3.63) is 50.7 Å². The topological polar surface area (TPSA) is 24.9 Å². The highest BCUT2D eigenvalue weighted by molar-refractivity contribution is 6.44. The van der Waals surface area contributed by atoms with E-state index in [0.29, 0.717) is 25.9 Å². The summed E-state index contributed by atoms with van der Waals surface area (Å²) in [6.07, 6.45) is 1.59. The summed E-state index contributed by atoms with van der Waals surface area (Å²) < 4.78 is 0. The van der Waals surface area contributed by atoms with E-state index in [1.165, 1.54) is 0 Å². The third-order valence-electron chi connectivity index (χ3n) is 2.02. The molecule has 1 N–H and O–H groups in total. The second-order valence-electron chi connectivity index (χ2n) is 3.24. The first kappa shape index (κ1) is 12.8. The first-order valence-electron chi connectivity index (χ1n) is 4.59. The lowest BCUT2D eigenvalue weighted by Crippen LogP contribution is -1.92. The quantitative estimate of drug-likeness (QED) is 0.590. The van der Waals surface area contributed by atoms with Crippen molar-refractivity contribution in [2.24, 2.45) is 0 Å². The van der Waals surface area contributed by atoms with Crippen LogP contribution >= 0.6 is 46.4 Å². The molecule has 0 aliphatic rings. The summed E-state index contributed by atoms with van der Waals surface area (Å²) in [7, 11) is 0. The maximum atomic E-state index is 6.04. The minimum atomic E-state index is 0.395. The molecule has 0 amide bonds. The Hall–Kier alpha value is -0.670. The molecule has 6 heteroatoms. The van der Waals surface area contributed by atoms with Crippen LogP contribution in [0, 0.1) is 0 Å². The Morgan fingerprint density at radius 2 is 1.59 bits per heavy atom. The molecule has 17 heavy (non-hydrogen) atoms. The maximum Gasteiger partial charge on any atom is 0.131 e. The number of aromatic nitrogens is 1. The van der Waals surface area contributed by atoms with Crippen molar-refractivity contribution in [1.82, 2.24) is 4.98 Å². The molecule has 1 aromatic carbocycles. The summed E-state index contributed by atoms with van der Waals surface area (Å²) in [4.78, 5) is 3.88. The van der Waals surface area contributed by atoms with Crippen LogP contribution in [0.25, 0.3) is 0 Å². The largest absolute Gasteiger partial charge is 0.354 e. The van der Waals surface area contributed by atoms with Crippen molar-refractivity contribution in [3.8, 4) is 0 Å². The molecule has 0 saturated carbocycles. The number of anilines is 2. The van der Waals surface area contributed by atoms with E-state index in [2.05, 4.69) is 10.3 Å². The second-order valence-corrected chi connectivity index (χ2v) is 4.85. The third-order valence-corrected chi connectivity index (χ3v) is 3.26. The van der Waals surface area contributed by atoms with Gasteiger partial charge in [-0.05, 0) is 24.3 Å². The molecule has 0 aliphatic carbocycles. The average Bonchev–Trinajstić information content (AvgIpc) is 2.26. The Kier molecular flexibility index (Phi) is 4.00. The summed E-state index contributed by atoms with van der Waals surface area (Å²) >= 11 is 23.6. The van der Waals surface area contributed by atoms with Gasteiger partial charge in [-0.2, -0.15) is 0 Å². The summed E-state index contributed by atoms with van der Waals surface area (Å²) in [6, 6.07) is 6.68. The van der Waals surface area contributed by atoms with Crippen molar-refractivity contribution in [3.63, 3.8) is 0 Å². The van der Waals surface area contributed by atoms with Gasteiger partial charge in [0.15, 0.2) is 0 Å². The molecule has 2 rings (SSSR count). The van der Waals surface area contributed by atoms with E-state index in [1.807, 2.05) is 0 Å². The van der Waals surface area contributed by atoms with E-state index in [-0.39, 0.29) is 0 Å². The Labute approximate surface area is 118 Å². The van der Waals surface area contributed by atoms with E-state index < -0.39 is 0 Å². The van der Waals surface area contributed by atoms with E-state index in [1.54, 1.807) is 30.5 Å². The van der Waals surface area contributed by atoms with Gasteiger partial charge in [-0.3, -0.25) is 0 Å². The number of nitrogens with zero attached hydrogens (tertiary/aromatic N) is 1. The Morgan fingerprint density at radius 1 is 0.882 bits per heavy atom. The van der Waals surface area contributed by atoms with E-state index in [0.717, 1.165) is 5.69 Å². The molecule has 1 aromatic heterocycles. The molecule has 0 unspecified atom stereocenters. The molecule has 0 bridgehead atoms. The number of hydrogen-bond donors (Lipinski definition) is 1. The Morgan fingerprint density at radius 3 is 2.29 bits per heavy atom. The molecule has 2 aromatic rings.